The van der Waals surface area contributed by atoms with Gasteiger partial charge in [0.05, 0.1) is 34.1 Å². The second kappa shape index (κ2) is 14.4. The zero-order valence-corrected chi connectivity index (χ0v) is 26.0. The lowest BCUT2D eigenvalue weighted by Crippen LogP contribution is -2.11. The van der Waals surface area contributed by atoms with Crippen LogP contribution in [0, 0.1) is 0 Å². The Labute approximate surface area is 264 Å². The summed E-state index contributed by atoms with van der Waals surface area (Å²) in [6, 6.07) is 24.9. The number of methoxy groups -OCH3 is 4. The van der Waals surface area contributed by atoms with E-state index in [-0.39, 0.29) is 24.8 Å². The molecular weight excluding hydrogens is 594 g/mol. The molecule has 0 fully saturated rings. The number of rotatable bonds is 14. The molecule has 0 aliphatic heterocycles. The van der Waals surface area contributed by atoms with E-state index in [2.05, 4.69) is 0 Å². The van der Waals surface area contributed by atoms with Crippen LogP contribution in [0.25, 0.3) is 21.8 Å². The van der Waals surface area contributed by atoms with Crippen molar-refractivity contribution in [2.45, 2.75) is 0 Å². The van der Waals surface area contributed by atoms with Crippen LogP contribution in [-0.4, -0.2) is 58.2 Å². The summed E-state index contributed by atoms with van der Waals surface area (Å²) in [5, 5.41) is 2.83. The first-order chi connectivity index (χ1) is 21.9. The van der Waals surface area contributed by atoms with Crippen molar-refractivity contribution >= 4 is 22.9 Å². The number of carbonyl (C=O) groups excluding carboxylic acids is 2. The van der Waals surface area contributed by atoms with E-state index in [4.69, 9.17) is 33.4 Å². The molecule has 9 nitrogen and oxygen atoms in total. The van der Waals surface area contributed by atoms with Gasteiger partial charge < -0.3 is 28.4 Å². The first-order valence-electron chi connectivity index (χ1n) is 13.8. The molecule has 5 rings (SSSR count). The Morgan fingerprint density at radius 2 is 1.02 bits per heavy atom. The van der Waals surface area contributed by atoms with Gasteiger partial charge in [-0.3, -0.25) is 9.59 Å². The summed E-state index contributed by atoms with van der Waals surface area (Å²) >= 11 is 1.52. The molecule has 1 heterocycles. The van der Waals surface area contributed by atoms with Gasteiger partial charge in [0.2, 0.25) is 0 Å². The van der Waals surface area contributed by atoms with Crippen LogP contribution in [0.15, 0.2) is 90.3 Å². The van der Waals surface area contributed by atoms with Crippen molar-refractivity contribution in [3.05, 3.63) is 101 Å². The van der Waals surface area contributed by atoms with E-state index in [1.807, 2.05) is 53.9 Å². The minimum Gasteiger partial charge on any atom is -0.493 e. The maximum Gasteiger partial charge on any atom is 0.200 e. The largest absolute Gasteiger partial charge is 0.493 e. The third kappa shape index (κ3) is 7.42. The van der Waals surface area contributed by atoms with E-state index in [9.17, 15) is 9.59 Å². The van der Waals surface area contributed by atoms with Gasteiger partial charge in [0.1, 0.15) is 16.5 Å². The van der Waals surface area contributed by atoms with E-state index in [1.54, 1.807) is 50.6 Å². The Balaban J connectivity index is 1.15. The number of hydrogen-bond acceptors (Lipinski definition) is 10. The predicted molar refractivity (Wildman–Crippen MR) is 172 cm³/mol. The van der Waals surface area contributed by atoms with Crippen molar-refractivity contribution < 1.29 is 38.0 Å². The maximum atomic E-state index is 12.6. The Kier molecular flexibility index (Phi) is 9.96. The molecule has 0 aliphatic carbocycles. The van der Waals surface area contributed by atoms with Crippen LogP contribution in [0.4, 0.5) is 0 Å². The second-order valence-electron chi connectivity index (χ2n) is 9.65. The molecule has 0 bridgehead atoms. The molecule has 0 amide bonds. The van der Waals surface area contributed by atoms with Crippen molar-refractivity contribution in [3.8, 4) is 56.3 Å². The lowest BCUT2D eigenvalue weighted by atomic mass is 10.1. The molecule has 5 aromatic rings. The van der Waals surface area contributed by atoms with E-state index < -0.39 is 0 Å². The SMILES string of the molecule is COc1ccc(C(=O)COc2ccc(-c3csc(-c4ccc(OCC(=O)c5ccc(OC)c(OC)c5)cc4)n3)cc2)cc1OC. The van der Waals surface area contributed by atoms with Crippen molar-refractivity contribution in [1.82, 2.24) is 4.98 Å². The van der Waals surface area contributed by atoms with Gasteiger partial charge in [0, 0.05) is 27.6 Å². The fraction of sp³-hybridized carbons (Fsp3) is 0.171. The summed E-state index contributed by atoms with van der Waals surface area (Å²) < 4.78 is 32.5. The zero-order valence-electron chi connectivity index (χ0n) is 25.2. The lowest BCUT2D eigenvalue weighted by molar-refractivity contribution is 0.0914. The molecule has 0 atom stereocenters. The smallest absolute Gasteiger partial charge is 0.200 e. The molecule has 0 unspecified atom stereocenters. The number of ether oxygens (including phenoxy) is 6. The maximum absolute atomic E-state index is 12.6. The van der Waals surface area contributed by atoms with E-state index in [0.717, 1.165) is 21.8 Å². The summed E-state index contributed by atoms with van der Waals surface area (Å²) in [6.45, 7) is -0.222. The van der Waals surface area contributed by atoms with Crippen LogP contribution in [0.5, 0.6) is 34.5 Å². The quantitative estimate of drug-likeness (QED) is 0.120. The van der Waals surface area contributed by atoms with Crippen molar-refractivity contribution in [2.24, 2.45) is 0 Å². The van der Waals surface area contributed by atoms with Crippen LogP contribution < -0.4 is 28.4 Å². The fourth-order valence-corrected chi connectivity index (χ4v) is 5.27. The third-order valence-corrected chi connectivity index (χ3v) is 7.80. The van der Waals surface area contributed by atoms with Gasteiger partial charge in [-0.1, -0.05) is 0 Å². The number of nitrogens with zero attached hydrogens (tertiary/aromatic N) is 1. The minimum absolute atomic E-state index is 0.111. The summed E-state index contributed by atoms with van der Waals surface area (Å²) in [6.07, 6.45) is 0. The second-order valence-corrected chi connectivity index (χ2v) is 10.5. The Bertz CT molecular complexity index is 1650. The van der Waals surface area contributed by atoms with Gasteiger partial charge in [-0.2, -0.15) is 0 Å². The summed E-state index contributed by atoms with van der Waals surface area (Å²) in [4.78, 5) is 30.1. The van der Waals surface area contributed by atoms with E-state index in [1.165, 1.54) is 25.6 Å². The van der Waals surface area contributed by atoms with Crippen LogP contribution in [0.1, 0.15) is 20.7 Å². The predicted octanol–water partition coefficient (Wildman–Crippen LogP) is 7.03. The number of ketones is 2. The highest BCUT2D eigenvalue weighted by Gasteiger charge is 2.14. The normalized spacial score (nSPS) is 10.6. The molecule has 230 valence electrons. The molecule has 4 aromatic carbocycles. The molecule has 1 aromatic heterocycles. The molecule has 10 heteroatoms. The molecule has 0 N–H and O–H groups in total. The Morgan fingerprint density at radius 3 is 1.47 bits per heavy atom. The summed E-state index contributed by atoms with van der Waals surface area (Å²) in [7, 11) is 6.14. The number of benzene rings is 4. The van der Waals surface area contributed by atoms with Crippen molar-refractivity contribution in [2.75, 3.05) is 41.7 Å². The minimum atomic E-state index is -0.176. The Morgan fingerprint density at radius 1 is 0.578 bits per heavy atom. The van der Waals surface area contributed by atoms with Crippen LogP contribution in [0.3, 0.4) is 0 Å². The van der Waals surface area contributed by atoms with Crippen LogP contribution in [-0.2, 0) is 0 Å². The molecule has 0 saturated heterocycles. The summed E-state index contributed by atoms with van der Waals surface area (Å²) in [5.41, 5.74) is 3.62. The topological polar surface area (TPSA) is 102 Å². The van der Waals surface area contributed by atoms with E-state index >= 15 is 0 Å². The zero-order chi connectivity index (χ0) is 31.8. The highest BCUT2D eigenvalue weighted by Crippen LogP contribution is 2.32. The van der Waals surface area contributed by atoms with E-state index in [0.29, 0.717) is 45.6 Å². The monoisotopic (exact) mass is 625 g/mol. The molecule has 0 radical (unpaired) electrons. The standard InChI is InChI=1S/C35H31NO8S/c1-39-31-15-9-24(17-33(31)41-3)29(37)19-43-26-11-5-22(6-12-26)28-21-45-35(36-28)23-7-13-27(14-8-23)44-20-30(38)25-10-16-32(40-2)34(18-25)42-4/h5-18,21H,19-20H2,1-4H3. The van der Waals surface area contributed by atoms with Crippen LogP contribution >= 0.6 is 11.3 Å². The highest BCUT2D eigenvalue weighted by molar-refractivity contribution is 7.13. The molecule has 45 heavy (non-hydrogen) atoms. The molecule has 0 saturated carbocycles. The first kappa shape index (κ1) is 31.1. The number of aromatic nitrogens is 1. The Hall–Kier alpha value is -5.35. The van der Waals surface area contributed by atoms with Gasteiger partial charge >= 0.3 is 0 Å². The van der Waals surface area contributed by atoms with Crippen molar-refractivity contribution in [3.63, 3.8) is 0 Å². The van der Waals surface area contributed by atoms with Gasteiger partial charge in [0.15, 0.2) is 47.8 Å². The fourth-order valence-electron chi connectivity index (χ4n) is 4.44. The highest BCUT2D eigenvalue weighted by atomic mass is 32.1. The molecular formula is C35H31NO8S. The number of thiazole rings is 1. The average Bonchev–Trinajstić information content (AvgIpc) is 3.59. The lowest BCUT2D eigenvalue weighted by Gasteiger charge is -2.10. The first-order valence-corrected chi connectivity index (χ1v) is 14.7. The van der Waals surface area contributed by atoms with Crippen molar-refractivity contribution in [1.29, 1.82) is 0 Å². The summed E-state index contributed by atoms with van der Waals surface area (Å²) in [5.74, 6) is 2.87. The van der Waals surface area contributed by atoms with Gasteiger partial charge in [-0.15, -0.1) is 11.3 Å². The number of hydrogen-bond donors (Lipinski definition) is 0. The third-order valence-electron chi connectivity index (χ3n) is 6.91. The van der Waals surface area contributed by atoms with Gasteiger partial charge in [-0.25, -0.2) is 4.98 Å². The van der Waals surface area contributed by atoms with Gasteiger partial charge in [-0.05, 0) is 84.9 Å². The number of carbonyl (C=O) groups is 2. The molecule has 0 spiro atoms. The number of Topliss-reactive ketones (excluding diaryl/α,β-unsaturated/α-hetero) is 2. The van der Waals surface area contributed by atoms with Crippen LogP contribution in [0.2, 0.25) is 0 Å². The molecule has 0 aliphatic rings. The average molecular weight is 626 g/mol. The van der Waals surface area contributed by atoms with Gasteiger partial charge in [0.25, 0.3) is 0 Å².